The summed E-state index contributed by atoms with van der Waals surface area (Å²) in [5.74, 6) is -0.677. The second-order valence-corrected chi connectivity index (χ2v) is 2.69. The van der Waals surface area contributed by atoms with Crippen molar-refractivity contribution < 1.29 is 8.78 Å². The van der Waals surface area contributed by atoms with Crippen LogP contribution in [0.2, 0.25) is 0 Å². The highest BCUT2D eigenvalue weighted by Gasteiger charge is 1.94. The van der Waals surface area contributed by atoms with Crippen molar-refractivity contribution in [1.29, 1.82) is 0 Å². The lowest BCUT2D eigenvalue weighted by Crippen LogP contribution is -1.99. The second-order valence-electron chi connectivity index (χ2n) is 2.69. The van der Waals surface area contributed by atoms with Gasteiger partial charge < -0.3 is 5.73 Å². The van der Waals surface area contributed by atoms with Crippen LogP contribution in [0.3, 0.4) is 0 Å². The van der Waals surface area contributed by atoms with Crippen LogP contribution in [0.5, 0.6) is 0 Å². The van der Waals surface area contributed by atoms with E-state index in [1.807, 2.05) is 0 Å². The number of benzene rings is 1. The molecule has 1 rings (SSSR count). The first-order chi connectivity index (χ1) is 6.22. The van der Waals surface area contributed by atoms with Gasteiger partial charge in [0.15, 0.2) is 0 Å². The first kappa shape index (κ1) is 9.86. The van der Waals surface area contributed by atoms with Gasteiger partial charge in [-0.2, -0.15) is 0 Å². The normalized spacial score (nSPS) is 11.8. The molecule has 3 heteroatoms. The number of nitrogens with two attached hydrogens (primary N) is 1. The van der Waals surface area contributed by atoms with E-state index in [0.717, 1.165) is 5.56 Å². The average Bonchev–Trinajstić information content (AvgIpc) is 2.14. The van der Waals surface area contributed by atoms with Crippen LogP contribution >= 0.6 is 0 Å². The Kier molecular flexibility index (Phi) is 3.58. The number of rotatable bonds is 3. The van der Waals surface area contributed by atoms with Crippen molar-refractivity contribution in [2.75, 3.05) is 6.54 Å². The maximum atomic E-state index is 12.6. The summed E-state index contributed by atoms with van der Waals surface area (Å²) in [6.07, 6.45) is 1.73. The zero-order chi connectivity index (χ0) is 9.68. The van der Waals surface area contributed by atoms with Crippen LogP contribution in [0.15, 0.2) is 36.2 Å². The van der Waals surface area contributed by atoms with Crippen molar-refractivity contribution >= 4 is 0 Å². The summed E-state index contributed by atoms with van der Waals surface area (Å²) >= 11 is 0. The lowest BCUT2D eigenvalue weighted by molar-refractivity contribution is 0.612. The Morgan fingerprint density at radius 2 is 2.23 bits per heavy atom. The van der Waals surface area contributed by atoms with Crippen molar-refractivity contribution in [3.63, 3.8) is 0 Å². The third-order valence-electron chi connectivity index (χ3n) is 1.64. The Balaban J connectivity index is 2.64. The van der Waals surface area contributed by atoms with Gasteiger partial charge in [-0.15, -0.1) is 0 Å². The fourth-order valence-electron chi connectivity index (χ4n) is 0.976. The molecule has 0 unspecified atom stereocenters. The second kappa shape index (κ2) is 4.72. The van der Waals surface area contributed by atoms with Crippen LogP contribution < -0.4 is 5.73 Å². The fraction of sp³-hybridized carbons (Fsp3) is 0.200. The minimum Gasteiger partial charge on any atom is -0.325 e. The van der Waals surface area contributed by atoms with E-state index in [1.165, 1.54) is 18.2 Å². The Bertz CT molecular complexity index is 308. The van der Waals surface area contributed by atoms with Crippen molar-refractivity contribution in [3.8, 4) is 0 Å². The molecule has 13 heavy (non-hydrogen) atoms. The number of halogens is 2. The molecule has 0 atom stereocenters. The summed E-state index contributed by atoms with van der Waals surface area (Å²) < 4.78 is 25.2. The van der Waals surface area contributed by atoms with E-state index >= 15 is 0 Å². The molecule has 0 bridgehead atoms. The molecule has 0 fully saturated rings. The minimum absolute atomic E-state index is 0.102. The first-order valence-corrected chi connectivity index (χ1v) is 4.01. The number of allylic oxidation sites excluding steroid dienone is 1. The van der Waals surface area contributed by atoms with Crippen molar-refractivity contribution in [3.05, 3.63) is 47.5 Å². The lowest BCUT2D eigenvalue weighted by atomic mass is 10.1. The van der Waals surface area contributed by atoms with Crippen molar-refractivity contribution in [1.82, 2.24) is 0 Å². The van der Waals surface area contributed by atoms with Gasteiger partial charge in [0.2, 0.25) is 0 Å². The van der Waals surface area contributed by atoms with E-state index in [9.17, 15) is 8.78 Å². The van der Waals surface area contributed by atoms with Gasteiger partial charge in [0.1, 0.15) is 11.6 Å². The van der Waals surface area contributed by atoms with Crippen LogP contribution in [0.4, 0.5) is 8.78 Å². The Labute approximate surface area is 75.9 Å². The summed E-state index contributed by atoms with van der Waals surface area (Å²) in [7, 11) is 0. The minimum atomic E-state index is -0.371. The van der Waals surface area contributed by atoms with E-state index in [1.54, 1.807) is 12.1 Å². The van der Waals surface area contributed by atoms with Crippen LogP contribution in [-0.4, -0.2) is 6.54 Å². The van der Waals surface area contributed by atoms with E-state index in [-0.39, 0.29) is 18.2 Å². The standard InChI is InChI=1S/C10H11F2N/c11-9-3-1-2-8(6-9)4-5-10(12)7-13/h1-3,5-6H,4,7,13H2/b10-5-. The summed E-state index contributed by atoms with van der Waals surface area (Å²) in [5.41, 5.74) is 5.79. The predicted octanol–water partition coefficient (Wildman–Crippen LogP) is 2.18. The molecule has 70 valence electrons. The fourth-order valence-corrected chi connectivity index (χ4v) is 0.976. The number of hydrogen-bond acceptors (Lipinski definition) is 1. The molecule has 0 aliphatic carbocycles. The lowest BCUT2D eigenvalue weighted by Gasteiger charge is -1.96. The quantitative estimate of drug-likeness (QED) is 0.763. The topological polar surface area (TPSA) is 26.0 Å². The molecule has 0 heterocycles. The molecule has 2 N–H and O–H groups in total. The zero-order valence-electron chi connectivity index (χ0n) is 7.13. The Morgan fingerprint density at radius 3 is 2.85 bits per heavy atom. The number of hydrogen-bond donors (Lipinski definition) is 1. The molecule has 0 aliphatic rings. The van der Waals surface area contributed by atoms with E-state index in [2.05, 4.69) is 0 Å². The van der Waals surface area contributed by atoms with E-state index in [0.29, 0.717) is 6.42 Å². The predicted molar refractivity (Wildman–Crippen MR) is 48.3 cm³/mol. The third kappa shape index (κ3) is 3.34. The first-order valence-electron chi connectivity index (χ1n) is 4.01. The maximum absolute atomic E-state index is 12.6. The van der Waals surface area contributed by atoms with E-state index in [4.69, 9.17) is 5.73 Å². The van der Waals surface area contributed by atoms with Gasteiger partial charge in [0, 0.05) is 6.54 Å². The molecule has 0 spiro atoms. The molecule has 1 nitrogen and oxygen atoms in total. The Hall–Kier alpha value is -1.22. The van der Waals surface area contributed by atoms with Crippen LogP contribution in [0.25, 0.3) is 0 Å². The monoisotopic (exact) mass is 183 g/mol. The molecule has 0 aliphatic heterocycles. The van der Waals surface area contributed by atoms with Crippen LogP contribution in [0, 0.1) is 5.82 Å². The average molecular weight is 183 g/mol. The van der Waals surface area contributed by atoms with Gasteiger partial charge in [-0.3, -0.25) is 0 Å². The van der Waals surface area contributed by atoms with Crippen LogP contribution in [0.1, 0.15) is 5.56 Å². The van der Waals surface area contributed by atoms with Gasteiger partial charge in [0.05, 0.1) is 0 Å². The molecule has 0 amide bonds. The van der Waals surface area contributed by atoms with Gasteiger partial charge in [-0.05, 0) is 30.2 Å². The molecule has 0 saturated carbocycles. The summed E-state index contributed by atoms with van der Waals surface area (Å²) in [6, 6.07) is 6.06. The Morgan fingerprint density at radius 1 is 1.46 bits per heavy atom. The molecular weight excluding hydrogens is 172 g/mol. The smallest absolute Gasteiger partial charge is 0.123 e. The van der Waals surface area contributed by atoms with Gasteiger partial charge in [-0.1, -0.05) is 12.1 Å². The van der Waals surface area contributed by atoms with Gasteiger partial charge in [0.25, 0.3) is 0 Å². The SMILES string of the molecule is NC/C(F)=C/Cc1cccc(F)c1. The maximum Gasteiger partial charge on any atom is 0.123 e. The zero-order valence-corrected chi connectivity index (χ0v) is 7.13. The summed E-state index contributed by atoms with van der Waals surface area (Å²) in [5, 5.41) is 0. The highest BCUT2D eigenvalue weighted by atomic mass is 19.1. The molecular formula is C10H11F2N. The van der Waals surface area contributed by atoms with Gasteiger partial charge >= 0.3 is 0 Å². The summed E-state index contributed by atoms with van der Waals surface area (Å²) in [6.45, 7) is -0.102. The molecule has 1 aromatic rings. The van der Waals surface area contributed by atoms with E-state index < -0.39 is 0 Å². The largest absolute Gasteiger partial charge is 0.325 e. The molecule has 0 aromatic heterocycles. The summed E-state index contributed by atoms with van der Waals surface area (Å²) in [4.78, 5) is 0. The van der Waals surface area contributed by atoms with Crippen LogP contribution in [-0.2, 0) is 6.42 Å². The molecule has 0 saturated heterocycles. The molecule has 0 radical (unpaired) electrons. The third-order valence-corrected chi connectivity index (χ3v) is 1.64. The highest BCUT2D eigenvalue weighted by molar-refractivity contribution is 5.19. The highest BCUT2D eigenvalue weighted by Crippen LogP contribution is 2.06. The van der Waals surface area contributed by atoms with Crippen molar-refractivity contribution in [2.45, 2.75) is 6.42 Å². The van der Waals surface area contributed by atoms with Crippen molar-refractivity contribution in [2.24, 2.45) is 5.73 Å². The molecule has 1 aromatic carbocycles. The van der Waals surface area contributed by atoms with Gasteiger partial charge in [-0.25, -0.2) is 8.78 Å².